The predicted molar refractivity (Wildman–Crippen MR) is 83.4 cm³/mol. The van der Waals surface area contributed by atoms with Crippen molar-refractivity contribution in [2.45, 2.75) is 39.3 Å². The lowest BCUT2D eigenvalue weighted by Crippen LogP contribution is -2.52. The molecule has 1 aromatic heterocycles. The molecular weight excluding hydrogens is 266 g/mol. The Balaban J connectivity index is 1.91. The zero-order valence-electron chi connectivity index (χ0n) is 13.3. The molecule has 1 aromatic rings. The molecule has 1 atom stereocenters. The number of carbonyl (C=O) groups is 1. The van der Waals surface area contributed by atoms with Gasteiger partial charge in [0, 0.05) is 32.4 Å². The Bertz CT molecular complexity index is 468. The topological polar surface area (TPSA) is 55.3 Å². The van der Waals surface area contributed by atoms with Crippen LogP contribution in [0.15, 0.2) is 18.3 Å². The van der Waals surface area contributed by atoms with Gasteiger partial charge in [-0.25, -0.2) is 0 Å². The quantitative estimate of drug-likeness (QED) is 0.838. The molecule has 0 aliphatic carbocycles. The zero-order valence-corrected chi connectivity index (χ0v) is 13.3. The van der Waals surface area contributed by atoms with E-state index in [1.807, 2.05) is 22.9 Å². The first-order valence-corrected chi connectivity index (χ1v) is 7.70. The van der Waals surface area contributed by atoms with Gasteiger partial charge in [0.05, 0.1) is 6.61 Å². The first kappa shape index (κ1) is 16.0. The molecule has 5 heteroatoms. The first-order valence-electron chi connectivity index (χ1n) is 7.70. The summed E-state index contributed by atoms with van der Waals surface area (Å²) in [6, 6.07) is 4.08. The van der Waals surface area contributed by atoms with Crippen LogP contribution in [0.25, 0.3) is 0 Å². The Labute approximate surface area is 127 Å². The van der Waals surface area contributed by atoms with Gasteiger partial charge in [-0.2, -0.15) is 0 Å². The molecule has 1 aliphatic heterocycles. The Hall–Kier alpha value is -1.33. The van der Waals surface area contributed by atoms with E-state index in [4.69, 9.17) is 4.74 Å². The Kier molecular flexibility index (Phi) is 5.42. The molecule has 2 N–H and O–H groups in total. The highest BCUT2D eigenvalue weighted by Gasteiger charge is 2.32. The minimum Gasteiger partial charge on any atom is -0.383 e. The van der Waals surface area contributed by atoms with E-state index in [1.165, 1.54) is 12.8 Å². The summed E-state index contributed by atoms with van der Waals surface area (Å²) in [6.45, 7) is 7.52. The van der Waals surface area contributed by atoms with Gasteiger partial charge in [0.15, 0.2) is 0 Å². The summed E-state index contributed by atoms with van der Waals surface area (Å²) in [5.41, 5.74) is 0.921. The summed E-state index contributed by atoms with van der Waals surface area (Å²) < 4.78 is 7.00. The van der Waals surface area contributed by atoms with E-state index >= 15 is 0 Å². The average molecular weight is 293 g/mol. The summed E-state index contributed by atoms with van der Waals surface area (Å²) in [7, 11) is 1.67. The van der Waals surface area contributed by atoms with Crippen molar-refractivity contribution in [3.05, 3.63) is 24.0 Å². The van der Waals surface area contributed by atoms with Gasteiger partial charge in [-0.05, 0) is 36.9 Å². The maximum absolute atomic E-state index is 12.3. The molecule has 2 rings (SSSR count). The largest absolute Gasteiger partial charge is 0.383 e. The summed E-state index contributed by atoms with van der Waals surface area (Å²) in [5, 5.41) is 6.58. The van der Waals surface area contributed by atoms with Gasteiger partial charge >= 0.3 is 0 Å². The molecule has 0 saturated carbocycles. The van der Waals surface area contributed by atoms with Crippen molar-refractivity contribution in [3.63, 3.8) is 0 Å². The van der Waals surface area contributed by atoms with Crippen molar-refractivity contribution in [1.82, 2.24) is 15.2 Å². The number of methoxy groups -OCH3 is 1. The number of carbonyl (C=O) groups excluding carboxylic acids is 1. The highest BCUT2D eigenvalue weighted by molar-refractivity contribution is 5.92. The van der Waals surface area contributed by atoms with Crippen molar-refractivity contribution >= 4 is 5.91 Å². The first-order chi connectivity index (χ1) is 10.0. The normalized spacial score (nSPS) is 21.2. The molecule has 2 heterocycles. The summed E-state index contributed by atoms with van der Waals surface area (Å²) in [4.78, 5) is 12.3. The fourth-order valence-corrected chi connectivity index (χ4v) is 2.91. The third-order valence-corrected chi connectivity index (χ3v) is 4.40. The van der Waals surface area contributed by atoms with Crippen LogP contribution < -0.4 is 10.6 Å². The van der Waals surface area contributed by atoms with Crippen LogP contribution in [0.5, 0.6) is 0 Å². The van der Waals surface area contributed by atoms with Crippen LogP contribution in [-0.4, -0.2) is 43.3 Å². The Morgan fingerprint density at radius 1 is 1.57 bits per heavy atom. The van der Waals surface area contributed by atoms with Crippen LogP contribution >= 0.6 is 0 Å². The fraction of sp³-hybridized carbons (Fsp3) is 0.688. The molecule has 5 nitrogen and oxygen atoms in total. The number of ether oxygens (including phenoxy) is 1. The molecule has 0 radical (unpaired) electrons. The predicted octanol–water partition coefficient (Wildman–Crippen LogP) is 1.64. The van der Waals surface area contributed by atoms with Crippen molar-refractivity contribution in [2.75, 3.05) is 26.8 Å². The number of nitrogens with one attached hydrogen (secondary N) is 2. The second-order valence-corrected chi connectivity index (χ2v) is 6.39. The van der Waals surface area contributed by atoms with Crippen molar-refractivity contribution in [3.8, 4) is 0 Å². The molecule has 1 fully saturated rings. The highest BCUT2D eigenvalue weighted by Crippen LogP contribution is 2.29. The second-order valence-electron chi connectivity index (χ2n) is 6.39. The van der Waals surface area contributed by atoms with E-state index in [1.54, 1.807) is 7.11 Å². The van der Waals surface area contributed by atoms with Gasteiger partial charge in [-0.3, -0.25) is 4.79 Å². The zero-order chi connectivity index (χ0) is 15.3. The number of nitrogens with zero attached hydrogens (tertiary/aromatic N) is 1. The SMILES string of the molecule is COCCn1cccc1C(=O)NCC1NCCCC1(C)C. The highest BCUT2D eigenvalue weighted by atomic mass is 16.5. The monoisotopic (exact) mass is 293 g/mol. The van der Waals surface area contributed by atoms with E-state index in [0.717, 1.165) is 6.54 Å². The average Bonchev–Trinajstić information content (AvgIpc) is 2.91. The van der Waals surface area contributed by atoms with Crippen molar-refractivity contribution in [2.24, 2.45) is 5.41 Å². The number of rotatable bonds is 6. The molecule has 1 amide bonds. The van der Waals surface area contributed by atoms with Crippen LogP contribution in [0.2, 0.25) is 0 Å². The number of aromatic nitrogens is 1. The van der Waals surface area contributed by atoms with E-state index in [9.17, 15) is 4.79 Å². The Morgan fingerprint density at radius 3 is 3.10 bits per heavy atom. The van der Waals surface area contributed by atoms with Crippen LogP contribution in [0.4, 0.5) is 0 Å². The third-order valence-electron chi connectivity index (χ3n) is 4.40. The Morgan fingerprint density at radius 2 is 2.38 bits per heavy atom. The van der Waals surface area contributed by atoms with E-state index in [2.05, 4.69) is 24.5 Å². The fourth-order valence-electron chi connectivity index (χ4n) is 2.91. The van der Waals surface area contributed by atoms with Crippen LogP contribution in [-0.2, 0) is 11.3 Å². The van der Waals surface area contributed by atoms with Gasteiger partial charge in [-0.1, -0.05) is 13.8 Å². The summed E-state index contributed by atoms with van der Waals surface area (Å²) >= 11 is 0. The van der Waals surface area contributed by atoms with Crippen LogP contribution in [0.3, 0.4) is 0 Å². The third kappa shape index (κ3) is 4.08. The van der Waals surface area contributed by atoms with Gasteiger partial charge in [0.2, 0.25) is 0 Å². The maximum Gasteiger partial charge on any atom is 0.267 e. The summed E-state index contributed by atoms with van der Waals surface area (Å²) in [5.74, 6) is -0.0146. The van der Waals surface area contributed by atoms with Gasteiger partial charge in [-0.15, -0.1) is 0 Å². The molecule has 0 spiro atoms. The molecule has 118 valence electrons. The molecule has 1 aliphatic rings. The maximum atomic E-state index is 12.3. The summed E-state index contributed by atoms with van der Waals surface area (Å²) in [6.07, 6.45) is 4.32. The number of hydrogen-bond donors (Lipinski definition) is 2. The number of amides is 1. The second kappa shape index (κ2) is 7.09. The molecule has 0 aromatic carbocycles. The lowest BCUT2D eigenvalue weighted by molar-refractivity contribution is 0.0917. The lowest BCUT2D eigenvalue weighted by atomic mass is 9.77. The van der Waals surface area contributed by atoms with E-state index < -0.39 is 0 Å². The van der Waals surface area contributed by atoms with Crippen LogP contribution in [0.1, 0.15) is 37.2 Å². The van der Waals surface area contributed by atoms with Gasteiger partial charge in [0.1, 0.15) is 5.69 Å². The van der Waals surface area contributed by atoms with Gasteiger partial charge < -0.3 is 19.9 Å². The number of piperidine rings is 1. The minimum absolute atomic E-state index is 0.0146. The van der Waals surface area contributed by atoms with Gasteiger partial charge in [0.25, 0.3) is 5.91 Å². The van der Waals surface area contributed by atoms with Crippen LogP contribution in [0, 0.1) is 5.41 Å². The van der Waals surface area contributed by atoms with E-state index in [0.29, 0.717) is 31.4 Å². The molecule has 1 unspecified atom stereocenters. The van der Waals surface area contributed by atoms with Crippen molar-refractivity contribution < 1.29 is 9.53 Å². The molecule has 1 saturated heterocycles. The van der Waals surface area contributed by atoms with Crippen molar-refractivity contribution in [1.29, 1.82) is 0 Å². The smallest absolute Gasteiger partial charge is 0.267 e. The standard InChI is InChI=1S/C16H27N3O2/c1-16(2)7-5-8-17-14(16)12-18-15(20)13-6-4-9-19(13)10-11-21-3/h4,6,9,14,17H,5,7-8,10-12H2,1-3H3,(H,18,20). The molecular formula is C16H27N3O2. The number of hydrogen-bond acceptors (Lipinski definition) is 3. The molecule has 21 heavy (non-hydrogen) atoms. The van der Waals surface area contributed by atoms with E-state index in [-0.39, 0.29) is 11.3 Å². The molecule has 0 bridgehead atoms. The minimum atomic E-state index is -0.0146. The lowest BCUT2D eigenvalue weighted by Gasteiger charge is -2.39.